The van der Waals surface area contributed by atoms with Gasteiger partial charge in [0.15, 0.2) is 0 Å². The Balaban J connectivity index is 2.32. The zero-order valence-electron chi connectivity index (χ0n) is 11.7. The number of methoxy groups -OCH3 is 1. The van der Waals surface area contributed by atoms with Gasteiger partial charge in [0.1, 0.15) is 17.1 Å². The van der Waals surface area contributed by atoms with E-state index in [1.165, 1.54) is 13.3 Å². The van der Waals surface area contributed by atoms with Gasteiger partial charge in [-0.1, -0.05) is 0 Å². The second-order valence-corrected chi connectivity index (χ2v) is 4.49. The van der Waals surface area contributed by atoms with Crippen molar-refractivity contribution in [1.29, 1.82) is 0 Å². The topological polar surface area (TPSA) is 81.6 Å². The maximum absolute atomic E-state index is 11.8. The number of nitrogens with zero attached hydrogens (tertiary/aromatic N) is 2. The maximum Gasteiger partial charge on any atom is 0.341 e. The van der Waals surface area contributed by atoms with E-state index in [-0.39, 0.29) is 0 Å². The van der Waals surface area contributed by atoms with Gasteiger partial charge in [-0.15, -0.1) is 0 Å². The summed E-state index contributed by atoms with van der Waals surface area (Å²) in [6.45, 7) is 2.46. The van der Waals surface area contributed by atoms with Gasteiger partial charge in [0.2, 0.25) is 0 Å². The molecule has 0 aliphatic rings. The first kappa shape index (κ1) is 13.9. The quantitative estimate of drug-likeness (QED) is 0.859. The number of carbonyl (C=O) groups is 1. The molecule has 2 N–H and O–H groups in total. The molecule has 0 amide bonds. The number of nitrogens with two attached hydrogens (primary N) is 1. The molecule has 6 nitrogen and oxygen atoms in total. The van der Waals surface area contributed by atoms with Crippen LogP contribution in [0.25, 0.3) is 0 Å². The van der Waals surface area contributed by atoms with Crippen molar-refractivity contribution in [2.45, 2.75) is 13.5 Å². The highest BCUT2D eigenvalue weighted by Gasteiger charge is 2.18. The molecule has 0 saturated carbocycles. The molecule has 0 atom stereocenters. The fourth-order valence-corrected chi connectivity index (χ4v) is 1.94. The molecule has 0 unspecified atom stereocenters. The molecule has 0 aromatic carbocycles. The van der Waals surface area contributed by atoms with Crippen LogP contribution in [0.2, 0.25) is 0 Å². The van der Waals surface area contributed by atoms with Gasteiger partial charge >= 0.3 is 5.97 Å². The van der Waals surface area contributed by atoms with Crippen molar-refractivity contribution in [3.8, 4) is 0 Å². The Morgan fingerprint density at radius 2 is 2.30 bits per heavy atom. The standard InChI is InChI=1S/C14H17N3O3/c1-9-10(4-5-20-9)8-17(2)13-12(14(18)19-3)6-11(15)7-16-13/h4-7H,8,15H2,1-3H3. The monoisotopic (exact) mass is 275 g/mol. The number of aromatic nitrogens is 1. The van der Waals surface area contributed by atoms with Crippen molar-refractivity contribution in [3.63, 3.8) is 0 Å². The highest BCUT2D eigenvalue weighted by atomic mass is 16.5. The number of pyridine rings is 1. The summed E-state index contributed by atoms with van der Waals surface area (Å²) in [6, 6.07) is 3.45. The maximum atomic E-state index is 11.8. The number of hydrogen-bond donors (Lipinski definition) is 1. The van der Waals surface area contributed by atoms with Crippen LogP contribution in [-0.2, 0) is 11.3 Å². The van der Waals surface area contributed by atoms with E-state index in [0.29, 0.717) is 23.6 Å². The normalized spacial score (nSPS) is 10.3. The summed E-state index contributed by atoms with van der Waals surface area (Å²) in [6.07, 6.45) is 3.15. The summed E-state index contributed by atoms with van der Waals surface area (Å²) in [7, 11) is 3.17. The van der Waals surface area contributed by atoms with E-state index in [4.69, 9.17) is 14.9 Å². The minimum atomic E-state index is -0.462. The van der Waals surface area contributed by atoms with Gasteiger partial charge in [-0.25, -0.2) is 9.78 Å². The van der Waals surface area contributed by atoms with Crippen LogP contribution in [-0.4, -0.2) is 25.1 Å². The molecular weight excluding hydrogens is 258 g/mol. The lowest BCUT2D eigenvalue weighted by atomic mass is 10.2. The Labute approximate surface area is 117 Å². The molecule has 2 rings (SSSR count). The summed E-state index contributed by atoms with van der Waals surface area (Å²) in [5.74, 6) is 0.897. The van der Waals surface area contributed by atoms with E-state index in [1.54, 1.807) is 12.3 Å². The van der Waals surface area contributed by atoms with Gasteiger partial charge in [0, 0.05) is 19.2 Å². The molecule has 2 aromatic rings. The zero-order valence-corrected chi connectivity index (χ0v) is 11.7. The molecule has 0 aliphatic heterocycles. The van der Waals surface area contributed by atoms with Crippen LogP contribution in [0.1, 0.15) is 21.7 Å². The summed E-state index contributed by atoms with van der Waals surface area (Å²) in [4.78, 5) is 17.9. The summed E-state index contributed by atoms with van der Waals surface area (Å²) in [5.41, 5.74) is 7.47. The molecular formula is C14H17N3O3. The van der Waals surface area contributed by atoms with Crippen molar-refractivity contribution in [3.05, 3.63) is 41.5 Å². The molecule has 106 valence electrons. The lowest BCUT2D eigenvalue weighted by Crippen LogP contribution is -2.21. The van der Waals surface area contributed by atoms with Crippen LogP contribution in [0, 0.1) is 6.92 Å². The third-order valence-corrected chi connectivity index (χ3v) is 3.03. The van der Waals surface area contributed by atoms with E-state index >= 15 is 0 Å². The summed E-state index contributed by atoms with van der Waals surface area (Å²) in [5, 5.41) is 0. The molecule has 0 aliphatic carbocycles. The Morgan fingerprint density at radius 1 is 1.55 bits per heavy atom. The van der Waals surface area contributed by atoms with E-state index in [0.717, 1.165) is 11.3 Å². The number of carbonyl (C=O) groups excluding carboxylic acids is 1. The Hall–Kier alpha value is -2.50. The first-order chi connectivity index (χ1) is 9.52. The van der Waals surface area contributed by atoms with Gasteiger partial charge in [0.25, 0.3) is 0 Å². The predicted octanol–water partition coefficient (Wildman–Crippen LogP) is 1.99. The largest absolute Gasteiger partial charge is 0.469 e. The fraction of sp³-hybridized carbons (Fsp3) is 0.286. The molecule has 0 saturated heterocycles. The zero-order chi connectivity index (χ0) is 14.7. The Morgan fingerprint density at radius 3 is 2.90 bits per heavy atom. The van der Waals surface area contributed by atoms with E-state index in [9.17, 15) is 4.79 Å². The lowest BCUT2D eigenvalue weighted by Gasteiger charge is -2.20. The average molecular weight is 275 g/mol. The molecule has 6 heteroatoms. The van der Waals surface area contributed by atoms with Crippen molar-refractivity contribution in [2.75, 3.05) is 24.8 Å². The number of furan rings is 1. The van der Waals surface area contributed by atoms with E-state index in [2.05, 4.69) is 4.98 Å². The number of nitrogen functional groups attached to an aromatic ring is 1. The van der Waals surface area contributed by atoms with Crippen molar-refractivity contribution in [2.24, 2.45) is 0 Å². The van der Waals surface area contributed by atoms with Crippen LogP contribution in [0.4, 0.5) is 11.5 Å². The minimum Gasteiger partial charge on any atom is -0.469 e. The van der Waals surface area contributed by atoms with Crippen LogP contribution in [0.5, 0.6) is 0 Å². The van der Waals surface area contributed by atoms with Crippen LogP contribution in [0.15, 0.2) is 29.0 Å². The molecule has 0 radical (unpaired) electrons. The van der Waals surface area contributed by atoms with Gasteiger partial charge in [0.05, 0.1) is 25.3 Å². The number of esters is 1. The van der Waals surface area contributed by atoms with Gasteiger partial charge in [-0.2, -0.15) is 0 Å². The third-order valence-electron chi connectivity index (χ3n) is 3.03. The fourth-order valence-electron chi connectivity index (χ4n) is 1.94. The van der Waals surface area contributed by atoms with E-state index in [1.807, 2.05) is 24.9 Å². The molecule has 2 aromatic heterocycles. The van der Waals surface area contributed by atoms with Crippen LogP contribution >= 0.6 is 0 Å². The van der Waals surface area contributed by atoms with Crippen molar-refractivity contribution < 1.29 is 13.9 Å². The molecule has 20 heavy (non-hydrogen) atoms. The van der Waals surface area contributed by atoms with Gasteiger partial charge in [-0.3, -0.25) is 0 Å². The minimum absolute atomic E-state index is 0.344. The Bertz CT molecular complexity index is 622. The number of anilines is 2. The van der Waals surface area contributed by atoms with Crippen molar-refractivity contribution >= 4 is 17.5 Å². The second-order valence-electron chi connectivity index (χ2n) is 4.49. The molecule has 0 fully saturated rings. The van der Waals surface area contributed by atoms with Crippen LogP contribution in [0.3, 0.4) is 0 Å². The highest BCUT2D eigenvalue weighted by Crippen LogP contribution is 2.22. The predicted molar refractivity (Wildman–Crippen MR) is 75.5 cm³/mol. The molecule has 0 bridgehead atoms. The second kappa shape index (κ2) is 5.64. The van der Waals surface area contributed by atoms with Crippen molar-refractivity contribution in [1.82, 2.24) is 4.98 Å². The SMILES string of the molecule is COC(=O)c1cc(N)cnc1N(C)Cc1ccoc1C. The van der Waals surface area contributed by atoms with Gasteiger partial charge < -0.3 is 19.8 Å². The van der Waals surface area contributed by atoms with Crippen LogP contribution < -0.4 is 10.6 Å². The number of aryl methyl sites for hydroxylation is 1. The smallest absolute Gasteiger partial charge is 0.341 e. The lowest BCUT2D eigenvalue weighted by molar-refractivity contribution is 0.0601. The third kappa shape index (κ3) is 2.74. The first-order valence-electron chi connectivity index (χ1n) is 6.11. The highest BCUT2D eigenvalue weighted by molar-refractivity contribution is 5.95. The van der Waals surface area contributed by atoms with Gasteiger partial charge in [-0.05, 0) is 19.1 Å². The average Bonchev–Trinajstić information content (AvgIpc) is 2.83. The molecule has 2 heterocycles. The molecule has 0 spiro atoms. The Kier molecular flexibility index (Phi) is 3.93. The first-order valence-corrected chi connectivity index (χ1v) is 6.11. The number of ether oxygens (including phenoxy) is 1. The number of rotatable bonds is 4. The summed E-state index contributed by atoms with van der Waals surface area (Å²) < 4.78 is 10.0. The van der Waals surface area contributed by atoms with E-state index < -0.39 is 5.97 Å². The number of hydrogen-bond acceptors (Lipinski definition) is 6. The summed E-state index contributed by atoms with van der Waals surface area (Å²) >= 11 is 0.